The number of amides is 1. The van der Waals surface area contributed by atoms with Crippen LogP contribution in [0.25, 0.3) is 0 Å². The van der Waals surface area contributed by atoms with Crippen LogP contribution in [-0.4, -0.2) is 81.6 Å². The first-order valence-corrected chi connectivity index (χ1v) is 9.43. The van der Waals surface area contributed by atoms with Crippen molar-refractivity contribution in [3.05, 3.63) is 0 Å². The van der Waals surface area contributed by atoms with Crippen molar-refractivity contribution in [2.75, 3.05) is 53.5 Å². The summed E-state index contributed by atoms with van der Waals surface area (Å²) >= 11 is 0. The zero-order chi connectivity index (χ0) is 19.6. The van der Waals surface area contributed by atoms with Crippen LogP contribution in [0.15, 0.2) is 4.99 Å². The van der Waals surface area contributed by atoms with Crippen molar-refractivity contribution in [1.29, 1.82) is 0 Å². The van der Waals surface area contributed by atoms with E-state index in [4.69, 9.17) is 14.5 Å². The first-order valence-electron chi connectivity index (χ1n) is 9.43. The highest BCUT2D eigenvalue weighted by atomic mass is 127. The number of carbonyl (C=O) groups is 1. The summed E-state index contributed by atoms with van der Waals surface area (Å²) in [4.78, 5) is 18.7. The Morgan fingerprint density at radius 3 is 2.26 bits per heavy atom. The van der Waals surface area contributed by atoms with Gasteiger partial charge in [0.15, 0.2) is 5.96 Å². The summed E-state index contributed by atoms with van der Waals surface area (Å²) in [6, 6.07) is 0. The maximum Gasteiger partial charge on any atom is 0.407 e. The molecule has 1 heterocycles. The van der Waals surface area contributed by atoms with Crippen molar-refractivity contribution in [2.45, 2.75) is 51.7 Å². The molecule has 27 heavy (non-hydrogen) atoms. The SMILES string of the molecule is CCNC(=NCC1(N(C)C)CCOCC1)NCCNC(=O)OC(C)(C)C.I. The fourth-order valence-corrected chi connectivity index (χ4v) is 2.73. The molecular formula is C18H38IN5O3. The Kier molecular flexibility index (Phi) is 12.2. The molecule has 0 aromatic carbocycles. The molecule has 1 fully saturated rings. The summed E-state index contributed by atoms with van der Waals surface area (Å²) < 4.78 is 10.7. The van der Waals surface area contributed by atoms with Crippen molar-refractivity contribution in [3.8, 4) is 0 Å². The number of carbonyl (C=O) groups excluding carboxylic acids is 1. The average Bonchev–Trinajstić information content (AvgIpc) is 2.55. The van der Waals surface area contributed by atoms with Gasteiger partial charge in [0.1, 0.15) is 5.60 Å². The molecule has 0 unspecified atom stereocenters. The smallest absolute Gasteiger partial charge is 0.407 e. The van der Waals surface area contributed by atoms with Crippen molar-refractivity contribution >= 4 is 36.0 Å². The van der Waals surface area contributed by atoms with Crippen molar-refractivity contribution in [1.82, 2.24) is 20.9 Å². The zero-order valence-corrected chi connectivity index (χ0v) is 20.0. The van der Waals surface area contributed by atoms with Gasteiger partial charge in [-0.1, -0.05) is 0 Å². The van der Waals surface area contributed by atoms with E-state index in [0.717, 1.165) is 38.6 Å². The van der Waals surface area contributed by atoms with Crippen LogP contribution in [-0.2, 0) is 9.47 Å². The number of guanidine groups is 1. The number of hydrogen-bond acceptors (Lipinski definition) is 5. The second-order valence-corrected chi connectivity index (χ2v) is 7.78. The molecule has 0 saturated carbocycles. The molecule has 9 heteroatoms. The second-order valence-electron chi connectivity index (χ2n) is 7.78. The predicted octanol–water partition coefficient (Wildman–Crippen LogP) is 1.80. The molecular weight excluding hydrogens is 461 g/mol. The van der Waals surface area contributed by atoms with Gasteiger partial charge in [0.05, 0.1) is 6.54 Å². The van der Waals surface area contributed by atoms with E-state index in [9.17, 15) is 4.79 Å². The van der Waals surface area contributed by atoms with Gasteiger partial charge in [-0.15, -0.1) is 24.0 Å². The van der Waals surface area contributed by atoms with Gasteiger partial charge in [0.25, 0.3) is 0 Å². The Balaban J connectivity index is 0.00000676. The standard InChI is InChI=1S/C18H37N5O3.HI/c1-7-19-15(20-10-11-21-16(24)26-17(2,3)4)22-14-18(23(5)6)8-12-25-13-9-18;/h7-14H2,1-6H3,(H,21,24)(H2,19,20,22);1H. The van der Waals surface area contributed by atoms with Crippen LogP contribution in [0.4, 0.5) is 4.79 Å². The molecule has 0 bridgehead atoms. The fourth-order valence-electron chi connectivity index (χ4n) is 2.73. The Labute approximate surface area is 181 Å². The lowest BCUT2D eigenvalue weighted by molar-refractivity contribution is -0.00254. The van der Waals surface area contributed by atoms with Crippen LogP contribution in [0.3, 0.4) is 0 Å². The van der Waals surface area contributed by atoms with Crippen LogP contribution in [0, 0.1) is 0 Å². The maximum atomic E-state index is 11.7. The van der Waals surface area contributed by atoms with E-state index < -0.39 is 11.7 Å². The molecule has 0 spiro atoms. The highest BCUT2D eigenvalue weighted by molar-refractivity contribution is 14.0. The molecule has 3 N–H and O–H groups in total. The molecule has 1 rings (SSSR count). The van der Waals surface area contributed by atoms with E-state index in [1.54, 1.807) is 0 Å². The first kappa shape index (κ1) is 26.2. The van der Waals surface area contributed by atoms with Gasteiger partial charge in [-0.25, -0.2) is 4.79 Å². The van der Waals surface area contributed by atoms with Crippen LogP contribution < -0.4 is 16.0 Å². The highest BCUT2D eigenvalue weighted by Crippen LogP contribution is 2.26. The Hall–Kier alpha value is -0.810. The number of rotatable bonds is 7. The van der Waals surface area contributed by atoms with Gasteiger partial charge >= 0.3 is 6.09 Å². The predicted molar refractivity (Wildman–Crippen MR) is 120 cm³/mol. The first-order chi connectivity index (χ1) is 12.2. The van der Waals surface area contributed by atoms with Crippen LogP contribution in [0.2, 0.25) is 0 Å². The molecule has 1 aliphatic rings. The van der Waals surface area contributed by atoms with Gasteiger partial charge < -0.3 is 30.3 Å². The summed E-state index contributed by atoms with van der Waals surface area (Å²) in [6.07, 6.45) is 1.54. The molecule has 8 nitrogen and oxygen atoms in total. The normalized spacial score (nSPS) is 17.1. The van der Waals surface area contributed by atoms with E-state index in [-0.39, 0.29) is 29.5 Å². The Morgan fingerprint density at radius 1 is 1.15 bits per heavy atom. The molecule has 1 amide bonds. The quantitative estimate of drug-likeness (QED) is 0.214. The molecule has 0 radical (unpaired) electrons. The largest absolute Gasteiger partial charge is 0.444 e. The summed E-state index contributed by atoms with van der Waals surface area (Å²) in [5.74, 6) is 0.756. The summed E-state index contributed by atoms with van der Waals surface area (Å²) in [7, 11) is 4.21. The number of halogens is 1. The van der Waals surface area contributed by atoms with Crippen LogP contribution in [0.5, 0.6) is 0 Å². The third-order valence-electron chi connectivity index (χ3n) is 4.33. The molecule has 0 atom stereocenters. The van der Waals surface area contributed by atoms with E-state index in [0.29, 0.717) is 19.6 Å². The fraction of sp³-hybridized carbons (Fsp3) is 0.889. The lowest BCUT2D eigenvalue weighted by Gasteiger charge is -2.41. The van der Waals surface area contributed by atoms with E-state index in [1.165, 1.54) is 0 Å². The number of likely N-dealkylation sites (N-methyl/N-ethyl adjacent to an activating group) is 1. The van der Waals surface area contributed by atoms with Crippen LogP contribution in [0.1, 0.15) is 40.5 Å². The minimum atomic E-state index is -0.488. The monoisotopic (exact) mass is 499 g/mol. The van der Waals surface area contributed by atoms with E-state index in [1.807, 2.05) is 27.7 Å². The third-order valence-corrected chi connectivity index (χ3v) is 4.33. The lowest BCUT2D eigenvalue weighted by atomic mass is 9.89. The van der Waals surface area contributed by atoms with Gasteiger partial charge in [0, 0.05) is 38.4 Å². The Morgan fingerprint density at radius 2 is 1.74 bits per heavy atom. The van der Waals surface area contributed by atoms with Crippen molar-refractivity contribution in [2.24, 2.45) is 4.99 Å². The van der Waals surface area contributed by atoms with Crippen LogP contribution >= 0.6 is 24.0 Å². The van der Waals surface area contributed by atoms with Crippen molar-refractivity contribution < 1.29 is 14.3 Å². The van der Waals surface area contributed by atoms with E-state index in [2.05, 4.69) is 34.9 Å². The van der Waals surface area contributed by atoms with Gasteiger partial charge in [0.2, 0.25) is 0 Å². The number of hydrogen-bond donors (Lipinski definition) is 3. The molecule has 160 valence electrons. The summed E-state index contributed by atoms with van der Waals surface area (Å²) in [6.45, 7) is 11.6. The molecule has 0 aliphatic carbocycles. The topological polar surface area (TPSA) is 87.2 Å². The minimum Gasteiger partial charge on any atom is -0.444 e. The number of alkyl carbamates (subject to hydrolysis) is 1. The average molecular weight is 499 g/mol. The minimum absolute atomic E-state index is 0. The lowest BCUT2D eigenvalue weighted by Crippen LogP contribution is -2.52. The molecule has 1 aliphatic heterocycles. The number of nitrogens with one attached hydrogen (secondary N) is 3. The number of aliphatic imine (C=N–C) groups is 1. The summed E-state index contributed by atoms with van der Waals surface area (Å²) in [5.41, 5.74) is -0.451. The molecule has 0 aromatic rings. The second kappa shape index (κ2) is 12.6. The zero-order valence-electron chi connectivity index (χ0n) is 17.7. The van der Waals surface area contributed by atoms with Gasteiger partial charge in [-0.05, 0) is 54.6 Å². The molecule has 1 saturated heterocycles. The van der Waals surface area contributed by atoms with Crippen molar-refractivity contribution in [3.63, 3.8) is 0 Å². The van der Waals surface area contributed by atoms with Gasteiger partial charge in [-0.2, -0.15) is 0 Å². The maximum absolute atomic E-state index is 11.7. The Bertz CT molecular complexity index is 460. The van der Waals surface area contributed by atoms with E-state index >= 15 is 0 Å². The third kappa shape index (κ3) is 10.3. The molecule has 0 aromatic heterocycles. The highest BCUT2D eigenvalue weighted by Gasteiger charge is 2.34. The number of nitrogens with zero attached hydrogens (tertiary/aromatic N) is 2. The summed E-state index contributed by atoms with van der Waals surface area (Å²) in [5, 5.41) is 9.24. The number of ether oxygens (including phenoxy) is 2. The van der Waals surface area contributed by atoms with Gasteiger partial charge in [-0.3, -0.25) is 4.99 Å².